The number of nitrogens with two attached hydrogens (primary N) is 1. The molecule has 15 heavy (non-hydrogen) atoms. The minimum absolute atomic E-state index is 0.109. The fraction of sp³-hybridized carbons (Fsp3) is 0.909. The maximum atomic E-state index is 11.6. The average molecular weight is 214 g/mol. The van der Waals surface area contributed by atoms with Crippen LogP contribution >= 0.6 is 0 Å². The highest BCUT2D eigenvalue weighted by Crippen LogP contribution is 2.08. The van der Waals surface area contributed by atoms with Gasteiger partial charge >= 0.3 is 0 Å². The van der Waals surface area contributed by atoms with Crippen LogP contribution in [0.3, 0.4) is 0 Å². The van der Waals surface area contributed by atoms with E-state index in [0.29, 0.717) is 6.61 Å². The van der Waals surface area contributed by atoms with Crippen LogP contribution in [0.1, 0.15) is 32.6 Å². The smallest absolute Gasteiger partial charge is 0.248 e. The molecule has 0 aromatic carbocycles. The van der Waals surface area contributed by atoms with Gasteiger partial charge in [-0.3, -0.25) is 4.79 Å². The third kappa shape index (κ3) is 4.62. The largest absolute Gasteiger partial charge is 0.372 e. The van der Waals surface area contributed by atoms with E-state index in [2.05, 4.69) is 6.92 Å². The molecule has 1 amide bonds. The van der Waals surface area contributed by atoms with E-state index in [1.54, 1.807) is 0 Å². The standard InChI is InChI=1S/C11H22N2O2/c1-2-3-8-15-9-11(14)13-6-4-10(12)5-7-13/h10H,2-9,12H2,1H3. The Hall–Kier alpha value is -0.610. The second-order valence-corrected chi connectivity index (χ2v) is 4.12. The summed E-state index contributed by atoms with van der Waals surface area (Å²) in [6, 6.07) is 0.273. The SMILES string of the molecule is CCCCOCC(=O)N1CCC(N)CC1. The lowest BCUT2D eigenvalue weighted by atomic mass is 10.1. The molecule has 1 saturated heterocycles. The first-order chi connectivity index (χ1) is 7.24. The summed E-state index contributed by atoms with van der Waals surface area (Å²) >= 11 is 0. The van der Waals surface area contributed by atoms with Gasteiger partial charge in [0.15, 0.2) is 0 Å². The Bertz CT molecular complexity index is 189. The molecule has 0 aliphatic carbocycles. The molecular formula is C11H22N2O2. The van der Waals surface area contributed by atoms with Gasteiger partial charge in [-0.2, -0.15) is 0 Å². The number of amides is 1. The summed E-state index contributed by atoms with van der Waals surface area (Å²) in [6.45, 7) is 4.61. The van der Waals surface area contributed by atoms with Gasteiger partial charge in [0.05, 0.1) is 0 Å². The summed E-state index contributed by atoms with van der Waals surface area (Å²) in [5.74, 6) is 0.109. The van der Waals surface area contributed by atoms with Crippen LogP contribution in [-0.4, -0.2) is 43.2 Å². The number of ether oxygens (including phenoxy) is 1. The molecule has 0 saturated carbocycles. The van der Waals surface area contributed by atoms with E-state index in [1.807, 2.05) is 4.90 Å². The van der Waals surface area contributed by atoms with Gasteiger partial charge < -0.3 is 15.4 Å². The number of hydrogen-bond acceptors (Lipinski definition) is 3. The highest BCUT2D eigenvalue weighted by molar-refractivity contribution is 5.77. The van der Waals surface area contributed by atoms with Gasteiger partial charge in [-0.05, 0) is 19.3 Å². The summed E-state index contributed by atoms with van der Waals surface area (Å²) in [5, 5.41) is 0. The number of rotatable bonds is 5. The van der Waals surface area contributed by atoms with Crippen LogP contribution in [-0.2, 0) is 9.53 Å². The van der Waals surface area contributed by atoms with Crippen LogP contribution in [0.25, 0.3) is 0 Å². The first-order valence-electron chi connectivity index (χ1n) is 5.85. The van der Waals surface area contributed by atoms with Crippen LogP contribution in [0.2, 0.25) is 0 Å². The lowest BCUT2D eigenvalue weighted by Crippen LogP contribution is -2.44. The van der Waals surface area contributed by atoms with Crippen LogP contribution in [0.4, 0.5) is 0 Å². The third-order valence-corrected chi connectivity index (χ3v) is 2.76. The van der Waals surface area contributed by atoms with Gasteiger partial charge in [-0.15, -0.1) is 0 Å². The van der Waals surface area contributed by atoms with Gasteiger partial charge in [0, 0.05) is 25.7 Å². The minimum atomic E-state index is 0.109. The molecule has 4 nitrogen and oxygen atoms in total. The third-order valence-electron chi connectivity index (χ3n) is 2.76. The van der Waals surface area contributed by atoms with Gasteiger partial charge in [0.25, 0.3) is 0 Å². The molecule has 0 radical (unpaired) electrons. The summed E-state index contributed by atoms with van der Waals surface area (Å²) in [4.78, 5) is 13.5. The van der Waals surface area contributed by atoms with Crippen LogP contribution < -0.4 is 5.73 Å². The molecule has 0 bridgehead atoms. The van der Waals surface area contributed by atoms with E-state index in [-0.39, 0.29) is 18.6 Å². The van der Waals surface area contributed by atoms with Crippen molar-refractivity contribution in [3.63, 3.8) is 0 Å². The fourth-order valence-electron chi connectivity index (χ4n) is 1.65. The zero-order valence-electron chi connectivity index (χ0n) is 9.58. The minimum Gasteiger partial charge on any atom is -0.372 e. The molecule has 4 heteroatoms. The Morgan fingerprint density at radius 1 is 1.47 bits per heavy atom. The van der Waals surface area contributed by atoms with Crippen molar-refractivity contribution in [2.75, 3.05) is 26.3 Å². The van der Waals surface area contributed by atoms with Crippen LogP contribution in [0, 0.1) is 0 Å². The summed E-state index contributed by atoms with van der Waals surface area (Å²) in [6.07, 6.45) is 3.96. The number of nitrogens with zero attached hydrogens (tertiary/aromatic N) is 1. The Morgan fingerprint density at radius 2 is 2.13 bits per heavy atom. The number of carbonyl (C=O) groups excluding carboxylic acids is 1. The highest BCUT2D eigenvalue weighted by atomic mass is 16.5. The molecule has 88 valence electrons. The molecule has 0 atom stereocenters. The van der Waals surface area contributed by atoms with E-state index < -0.39 is 0 Å². The lowest BCUT2D eigenvalue weighted by molar-refractivity contribution is -0.137. The Balaban J connectivity index is 2.11. The lowest BCUT2D eigenvalue weighted by Gasteiger charge is -2.30. The molecule has 0 unspecified atom stereocenters. The summed E-state index contributed by atoms with van der Waals surface area (Å²) in [7, 11) is 0. The number of likely N-dealkylation sites (tertiary alicyclic amines) is 1. The second-order valence-electron chi connectivity index (χ2n) is 4.12. The first kappa shape index (κ1) is 12.5. The predicted molar refractivity (Wildman–Crippen MR) is 59.5 cm³/mol. The van der Waals surface area contributed by atoms with E-state index in [0.717, 1.165) is 38.8 Å². The molecule has 2 N–H and O–H groups in total. The van der Waals surface area contributed by atoms with Crippen molar-refractivity contribution in [2.45, 2.75) is 38.6 Å². The average Bonchev–Trinajstić information content (AvgIpc) is 2.25. The molecule has 1 fully saturated rings. The zero-order valence-corrected chi connectivity index (χ0v) is 9.58. The number of piperidine rings is 1. The van der Waals surface area contributed by atoms with Gasteiger partial charge in [0.2, 0.25) is 5.91 Å². The number of unbranched alkanes of at least 4 members (excludes halogenated alkanes) is 1. The van der Waals surface area contributed by atoms with E-state index in [4.69, 9.17) is 10.5 Å². The maximum Gasteiger partial charge on any atom is 0.248 e. The summed E-state index contributed by atoms with van der Waals surface area (Å²) in [5.41, 5.74) is 5.77. The van der Waals surface area contributed by atoms with Crippen LogP contribution in [0.5, 0.6) is 0 Å². The van der Waals surface area contributed by atoms with E-state index in [9.17, 15) is 4.79 Å². The maximum absolute atomic E-state index is 11.6. The van der Waals surface area contributed by atoms with Crippen molar-refractivity contribution < 1.29 is 9.53 Å². The molecule has 0 spiro atoms. The molecule has 1 rings (SSSR count). The Morgan fingerprint density at radius 3 is 2.73 bits per heavy atom. The number of carbonyl (C=O) groups is 1. The predicted octanol–water partition coefficient (Wildman–Crippen LogP) is 0.753. The van der Waals surface area contributed by atoms with Crippen molar-refractivity contribution >= 4 is 5.91 Å². The molecular weight excluding hydrogens is 192 g/mol. The van der Waals surface area contributed by atoms with Crippen molar-refractivity contribution in [2.24, 2.45) is 5.73 Å². The Kier molecular flexibility index (Phi) is 5.65. The first-order valence-corrected chi connectivity index (χ1v) is 5.85. The normalized spacial score (nSPS) is 18.1. The van der Waals surface area contributed by atoms with E-state index in [1.165, 1.54) is 0 Å². The van der Waals surface area contributed by atoms with Crippen molar-refractivity contribution in [3.05, 3.63) is 0 Å². The zero-order chi connectivity index (χ0) is 11.1. The fourth-order valence-corrected chi connectivity index (χ4v) is 1.65. The highest BCUT2D eigenvalue weighted by Gasteiger charge is 2.20. The monoisotopic (exact) mass is 214 g/mol. The van der Waals surface area contributed by atoms with Gasteiger partial charge in [-0.25, -0.2) is 0 Å². The van der Waals surface area contributed by atoms with E-state index >= 15 is 0 Å². The van der Waals surface area contributed by atoms with Crippen molar-refractivity contribution in [3.8, 4) is 0 Å². The molecule has 0 aromatic rings. The quantitative estimate of drug-likeness (QED) is 0.687. The summed E-state index contributed by atoms with van der Waals surface area (Å²) < 4.78 is 5.29. The Labute approximate surface area is 91.8 Å². The molecule has 1 heterocycles. The number of hydrogen-bond donors (Lipinski definition) is 1. The molecule has 1 aliphatic heterocycles. The topological polar surface area (TPSA) is 55.6 Å². The van der Waals surface area contributed by atoms with Gasteiger partial charge in [0.1, 0.15) is 6.61 Å². The van der Waals surface area contributed by atoms with Crippen molar-refractivity contribution in [1.29, 1.82) is 0 Å². The molecule has 1 aliphatic rings. The van der Waals surface area contributed by atoms with Crippen molar-refractivity contribution in [1.82, 2.24) is 4.90 Å². The van der Waals surface area contributed by atoms with Crippen LogP contribution in [0.15, 0.2) is 0 Å². The second kappa shape index (κ2) is 6.80. The molecule has 0 aromatic heterocycles. The van der Waals surface area contributed by atoms with Gasteiger partial charge in [-0.1, -0.05) is 13.3 Å².